The SMILES string of the molecule is C[C@@H](NC(=O)C[NH+]1CCN(S(=O)(=O)c2cc(Cl)ccc2Cl)CC1)C1CC1. The molecule has 2 fully saturated rings. The van der Waals surface area contributed by atoms with Gasteiger partial charge >= 0.3 is 0 Å². The van der Waals surface area contributed by atoms with Crippen molar-refractivity contribution in [2.24, 2.45) is 5.92 Å². The zero-order valence-corrected chi connectivity index (χ0v) is 17.0. The molecule has 1 aromatic carbocycles. The molecule has 0 bridgehead atoms. The third-order valence-corrected chi connectivity index (χ3v) is 7.68. The summed E-state index contributed by atoms with van der Waals surface area (Å²) in [6.45, 7) is 4.30. The predicted octanol–water partition coefficient (Wildman–Crippen LogP) is 0.797. The quantitative estimate of drug-likeness (QED) is 0.714. The van der Waals surface area contributed by atoms with Gasteiger partial charge in [0.2, 0.25) is 10.0 Å². The molecule has 1 heterocycles. The van der Waals surface area contributed by atoms with Crippen LogP contribution in [0.1, 0.15) is 19.8 Å². The molecule has 3 rings (SSSR count). The number of sulfonamides is 1. The third kappa shape index (κ3) is 4.70. The van der Waals surface area contributed by atoms with E-state index in [0.717, 1.165) is 4.90 Å². The molecule has 1 amide bonds. The van der Waals surface area contributed by atoms with E-state index in [2.05, 4.69) is 5.32 Å². The van der Waals surface area contributed by atoms with Crippen LogP contribution in [0.2, 0.25) is 10.0 Å². The van der Waals surface area contributed by atoms with Crippen LogP contribution in [0, 0.1) is 5.92 Å². The van der Waals surface area contributed by atoms with Crippen molar-refractivity contribution in [3.05, 3.63) is 28.2 Å². The molecule has 2 N–H and O–H groups in total. The Morgan fingerprint density at radius 1 is 1.31 bits per heavy atom. The second-order valence-electron chi connectivity index (χ2n) is 7.10. The fraction of sp³-hybridized carbons (Fsp3) is 0.588. The molecule has 1 atom stereocenters. The predicted molar refractivity (Wildman–Crippen MR) is 101 cm³/mol. The fourth-order valence-electron chi connectivity index (χ4n) is 3.28. The van der Waals surface area contributed by atoms with Crippen molar-refractivity contribution in [3.8, 4) is 0 Å². The first-order valence-corrected chi connectivity index (χ1v) is 11.0. The molecule has 0 spiro atoms. The van der Waals surface area contributed by atoms with Gasteiger partial charge in [0.05, 0.1) is 31.2 Å². The number of carbonyl (C=O) groups excluding carboxylic acids is 1. The van der Waals surface area contributed by atoms with Crippen molar-refractivity contribution >= 4 is 39.1 Å². The van der Waals surface area contributed by atoms with Gasteiger partial charge in [-0.1, -0.05) is 23.2 Å². The summed E-state index contributed by atoms with van der Waals surface area (Å²) in [7, 11) is -3.69. The lowest BCUT2D eigenvalue weighted by atomic mass is 10.2. The summed E-state index contributed by atoms with van der Waals surface area (Å²) >= 11 is 12.0. The van der Waals surface area contributed by atoms with E-state index in [-0.39, 0.29) is 21.9 Å². The average Bonchev–Trinajstić information content (AvgIpc) is 3.42. The molecule has 0 radical (unpaired) electrons. The second-order valence-corrected chi connectivity index (χ2v) is 9.85. The van der Waals surface area contributed by atoms with Gasteiger partial charge in [-0.3, -0.25) is 4.79 Å². The number of benzene rings is 1. The Morgan fingerprint density at radius 3 is 2.58 bits per heavy atom. The Hall–Kier alpha value is -0.860. The van der Waals surface area contributed by atoms with Crippen LogP contribution >= 0.6 is 23.2 Å². The van der Waals surface area contributed by atoms with E-state index in [0.29, 0.717) is 43.7 Å². The number of amides is 1. The van der Waals surface area contributed by atoms with Crippen molar-refractivity contribution in [1.29, 1.82) is 0 Å². The zero-order chi connectivity index (χ0) is 18.9. The highest BCUT2D eigenvalue weighted by molar-refractivity contribution is 7.89. The topological polar surface area (TPSA) is 70.9 Å². The van der Waals surface area contributed by atoms with E-state index in [4.69, 9.17) is 23.2 Å². The van der Waals surface area contributed by atoms with Gasteiger partial charge in [0.25, 0.3) is 5.91 Å². The molecular weight excluding hydrogens is 397 g/mol. The van der Waals surface area contributed by atoms with Crippen LogP contribution in [0.3, 0.4) is 0 Å². The number of piperazine rings is 1. The molecule has 9 heteroatoms. The van der Waals surface area contributed by atoms with E-state index >= 15 is 0 Å². The van der Waals surface area contributed by atoms with Crippen LogP contribution in [-0.2, 0) is 14.8 Å². The molecular formula is C17H24Cl2N3O3S+. The number of hydrogen-bond acceptors (Lipinski definition) is 3. The van der Waals surface area contributed by atoms with Gasteiger partial charge in [-0.15, -0.1) is 0 Å². The molecule has 0 unspecified atom stereocenters. The zero-order valence-electron chi connectivity index (χ0n) is 14.7. The maximum absolute atomic E-state index is 12.8. The molecule has 1 aromatic rings. The monoisotopic (exact) mass is 420 g/mol. The van der Waals surface area contributed by atoms with Crippen molar-refractivity contribution in [1.82, 2.24) is 9.62 Å². The van der Waals surface area contributed by atoms with Crippen molar-refractivity contribution in [2.75, 3.05) is 32.7 Å². The van der Waals surface area contributed by atoms with Crippen molar-refractivity contribution in [2.45, 2.75) is 30.7 Å². The summed E-state index contributed by atoms with van der Waals surface area (Å²) in [5.41, 5.74) is 0. The minimum absolute atomic E-state index is 0.0334. The fourth-order valence-corrected chi connectivity index (χ4v) is 5.46. The number of nitrogens with zero attached hydrogens (tertiary/aromatic N) is 1. The standard InChI is InChI=1S/C17H23Cl2N3O3S/c1-12(13-2-3-13)20-17(23)11-21-6-8-22(9-7-21)26(24,25)16-10-14(18)4-5-15(16)19/h4-5,10,12-13H,2-3,6-9,11H2,1H3,(H,20,23)/p+1/t12-/m1/s1. The molecule has 144 valence electrons. The van der Waals surface area contributed by atoms with Gasteiger partial charge in [0, 0.05) is 11.1 Å². The summed E-state index contributed by atoms with van der Waals surface area (Å²) in [6, 6.07) is 4.66. The highest BCUT2D eigenvalue weighted by Gasteiger charge is 2.33. The summed E-state index contributed by atoms with van der Waals surface area (Å²) < 4.78 is 27.0. The smallest absolute Gasteiger partial charge is 0.275 e. The van der Waals surface area contributed by atoms with Crippen molar-refractivity contribution < 1.29 is 18.1 Å². The van der Waals surface area contributed by atoms with Crippen LogP contribution in [0.15, 0.2) is 23.1 Å². The van der Waals surface area contributed by atoms with Crippen LogP contribution in [0.5, 0.6) is 0 Å². The highest BCUT2D eigenvalue weighted by atomic mass is 35.5. The molecule has 1 saturated heterocycles. The number of nitrogens with one attached hydrogen (secondary N) is 2. The Kier molecular flexibility index (Phi) is 6.14. The van der Waals surface area contributed by atoms with E-state index in [9.17, 15) is 13.2 Å². The normalized spacial score (nSPS) is 20.7. The summed E-state index contributed by atoms with van der Waals surface area (Å²) in [6.07, 6.45) is 2.38. The van der Waals surface area contributed by atoms with Crippen LogP contribution in [0.25, 0.3) is 0 Å². The lowest BCUT2D eigenvalue weighted by Gasteiger charge is -2.31. The van der Waals surface area contributed by atoms with Crippen molar-refractivity contribution in [3.63, 3.8) is 0 Å². The lowest BCUT2D eigenvalue weighted by Crippen LogP contribution is -3.15. The largest absolute Gasteiger partial charge is 0.348 e. The highest BCUT2D eigenvalue weighted by Crippen LogP contribution is 2.32. The van der Waals surface area contributed by atoms with Gasteiger partial charge in [-0.05, 0) is 43.9 Å². The first kappa shape index (κ1) is 19.9. The van der Waals surface area contributed by atoms with Crippen LogP contribution in [-0.4, -0.2) is 57.4 Å². The Balaban J connectivity index is 1.55. The number of rotatable bonds is 6. The minimum Gasteiger partial charge on any atom is -0.348 e. The summed E-state index contributed by atoms with van der Waals surface area (Å²) in [4.78, 5) is 13.3. The maximum Gasteiger partial charge on any atom is 0.275 e. The molecule has 1 aliphatic carbocycles. The molecule has 0 aromatic heterocycles. The number of halogens is 2. The lowest BCUT2D eigenvalue weighted by molar-refractivity contribution is -0.895. The van der Waals surface area contributed by atoms with E-state index in [1.807, 2.05) is 6.92 Å². The van der Waals surface area contributed by atoms with E-state index in [1.54, 1.807) is 6.07 Å². The van der Waals surface area contributed by atoms with E-state index < -0.39 is 10.0 Å². The molecule has 2 aliphatic rings. The molecule has 26 heavy (non-hydrogen) atoms. The number of carbonyl (C=O) groups is 1. The maximum atomic E-state index is 12.8. The van der Waals surface area contributed by atoms with Crippen LogP contribution in [0.4, 0.5) is 0 Å². The van der Waals surface area contributed by atoms with Crippen LogP contribution < -0.4 is 10.2 Å². The molecule has 1 aliphatic heterocycles. The molecule has 6 nitrogen and oxygen atoms in total. The van der Waals surface area contributed by atoms with Gasteiger partial charge < -0.3 is 10.2 Å². The summed E-state index contributed by atoms with van der Waals surface area (Å²) in [5, 5.41) is 3.54. The van der Waals surface area contributed by atoms with Gasteiger partial charge in [-0.2, -0.15) is 4.31 Å². The first-order chi connectivity index (χ1) is 12.3. The van der Waals surface area contributed by atoms with E-state index in [1.165, 1.54) is 29.3 Å². The summed E-state index contributed by atoms with van der Waals surface area (Å²) in [5.74, 6) is 0.659. The Labute approximate surface area is 164 Å². The number of quaternary nitrogens is 1. The number of hydrogen-bond donors (Lipinski definition) is 2. The van der Waals surface area contributed by atoms with Gasteiger partial charge in [0.1, 0.15) is 4.90 Å². The second kappa shape index (κ2) is 8.02. The molecule has 1 saturated carbocycles. The minimum atomic E-state index is -3.69. The first-order valence-electron chi connectivity index (χ1n) is 8.85. The third-order valence-electron chi connectivity index (χ3n) is 5.07. The Morgan fingerprint density at radius 2 is 1.96 bits per heavy atom. The Bertz CT molecular complexity index is 775. The van der Waals surface area contributed by atoms with Gasteiger partial charge in [0.15, 0.2) is 6.54 Å². The van der Waals surface area contributed by atoms with Gasteiger partial charge in [-0.25, -0.2) is 8.42 Å². The average molecular weight is 421 g/mol.